The van der Waals surface area contributed by atoms with Gasteiger partial charge in [-0.2, -0.15) is 9.13 Å². The van der Waals surface area contributed by atoms with E-state index in [-0.39, 0.29) is 0 Å². The van der Waals surface area contributed by atoms with Gasteiger partial charge in [0.2, 0.25) is 13.1 Å². The molecular formula is C44H52B2F8N4O8. The Kier molecular flexibility index (Phi) is 22.3. The molecule has 2 aromatic heterocycles. The SMILES string of the molecule is F[B-](F)(F)F.F[B-](F)(F)F.Nc1ccc[n+](CC[n+]2cccc(N)c2)c1.c1ccc2cc3c(cc2c1)OCCOCCOCCOc1cc2ccccc2cc1OCCOCCOCCO3. The van der Waals surface area contributed by atoms with Gasteiger partial charge in [0.25, 0.3) is 0 Å². The van der Waals surface area contributed by atoms with Crippen LogP contribution in [-0.2, 0) is 32.0 Å². The molecule has 358 valence electrons. The minimum atomic E-state index is -6.00. The number of pyridine rings is 2. The zero-order chi connectivity index (χ0) is 47.6. The number of anilines is 2. The van der Waals surface area contributed by atoms with Crippen molar-refractivity contribution >= 4 is 47.4 Å². The lowest BCUT2D eigenvalue weighted by atomic mass is 10.1. The summed E-state index contributed by atoms with van der Waals surface area (Å²) in [6, 6.07) is 31.9. The Morgan fingerprint density at radius 2 is 0.621 bits per heavy atom. The number of hydrogen-bond acceptors (Lipinski definition) is 10. The minimum Gasteiger partial charge on any atom is -0.487 e. The first kappa shape index (κ1) is 52.5. The molecule has 4 aromatic carbocycles. The Morgan fingerprint density at radius 1 is 0.379 bits per heavy atom. The summed E-state index contributed by atoms with van der Waals surface area (Å²) in [5.74, 6) is 2.73. The van der Waals surface area contributed by atoms with E-state index in [0.29, 0.717) is 102 Å². The average molecular weight is 939 g/mol. The number of benzene rings is 4. The van der Waals surface area contributed by atoms with Gasteiger partial charge in [0.1, 0.15) is 26.4 Å². The van der Waals surface area contributed by atoms with Crippen LogP contribution in [0.3, 0.4) is 0 Å². The highest BCUT2D eigenvalue weighted by Gasteiger charge is 2.21. The first-order valence-corrected chi connectivity index (χ1v) is 20.7. The summed E-state index contributed by atoms with van der Waals surface area (Å²) in [6.07, 6.45) is 7.85. The van der Waals surface area contributed by atoms with Crippen LogP contribution in [0.1, 0.15) is 0 Å². The molecule has 0 radical (unpaired) electrons. The number of nitrogens with two attached hydrogens (primary N) is 2. The summed E-state index contributed by atoms with van der Waals surface area (Å²) in [5.41, 5.74) is 13.0. The fourth-order valence-corrected chi connectivity index (χ4v) is 5.93. The van der Waals surface area contributed by atoms with Crippen LogP contribution in [0.4, 0.5) is 45.9 Å². The van der Waals surface area contributed by atoms with Crippen molar-refractivity contribution in [2.75, 3.05) is 90.7 Å². The third-order valence-electron chi connectivity index (χ3n) is 8.69. The highest BCUT2D eigenvalue weighted by atomic mass is 19.5. The van der Waals surface area contributed by atoms with Crippen LogP contribution < -0.4 is 39.5 Å². The lowest BCUT2D eigenvalue weighted by molar-refractivity contribution is -0.777. The summed E-state index contributed by atoms with van der Waals surface area (Å²) in [6.45, 7) is 6.95. The van der Waals surface area contributed by atoms with Gasteiger partial charge in [0.15, 0.2) is 47.8 Å². The largest absolute Gasteiger partial charge is 0.673 e. The first-order valence-electron chi connectivity index (χ1n) is 20.7. The predicted octanol–water partition coefficient (Wildman–Crippen LogP) is 8.01. The van der Waals surface area contributed by atoms with Gasteiger partial charge in [-0.25, -0.2) is 0 Å². The van der Waals surface area contributed by atoms with E-state index in [1.54, 1.807) is 0 Å². The highest BCUT2D eigenvalue weighted by molar-refractivity contribution is 6.50. The van der Waals surface area contributed by atoms with E-state index in [2.05, 4.69) is 33.4 Å². The Morgan fingerprint density at radius 3 is 0.864 bits per heavy atom. The van der Waals surface area contributed by atoms with Crippen LogP contribution in [0.25, 0.3) is 21.5 Å². The Bertz CT molecular complexity index is 2060. The van der Waals surface area contributed by atoms with Crippen molar-refractivity contribution in [3.8, 4) is 23.0 Å². The molecule has 0 saturated carbocycles. The number of ether oxygens (including phenoxy) is 8. The van der Waals surface area contributed by atoms with Crippen LogP contribution >= 0.6 is 0 Å². The van der Waals surface area contributed by atoms with Gasteiger partial charge in [0, 0.05) is 12.1 Å². The number of rotatable bonds is 3. The smallest absolute Gasteiger partial charge is 0.487 e. The zero-order valence-electron chi connectivity index (χ0n) is 35.9. The summed E-state index contributed by atoms with van der Waals surface area (Å²) in [7, 11) is -12.0. The molecule has 0 saturated heterocycles. The molecule has 12 nitrogen and oxygen atoms in total. The van der Waals surface area contributed by atoms with Crippen molar-refractivity contribution < 1.29 is 81.6 Å². The molecule has 3 heterocycles. The second kappa shape index (κ2) is 28.1. The number of fused-ring (bicyclic) bond motifs is 4. The molecule has 0 unspecified atom stereocenters. The quantitative estimate of drug-likeness (QED) is 0.102. The van der Waals surface area contributed by atoms with Gasteiger partial charge in [-0.3, -0.25) is 0 Å². The van der Waals surface area contributed by atoms with Gasteiger partial charge in [-0.1, -0.05) is 48.5 Å². The van der Waals surface area contributed by atoms with E-state index in [4.69, 9.17) is 49.4 Å². The number of aromatic nitrogens is 2. The molecule has 0 fully saturated rings. The Hall–Kier alpha value is -6.09. The number of nitrogens with zero attached hydrogens (tertiary/aromatic N) is 2. The standard InChI is InChI=1S/C32H36O8.C12H16N4.2BF4/c1-2-6-26-22-30-29(21-25(26)5-1)37-17-13-33-9-10-35-15-19-39-31-23-27-7-3-4-8-28(27)24-32(31)40-20-16-36-12-11-34-14-18-38-30;13-11-3-1-5-15(9-11)7-8-16-6-2-4-12(14)10-16;2*2-1(3,4)5/h1-8,21-24H,9-20H2;1-6,9-10H,7-8,13-14H2;;/q;+2;2*-1. The number of hydrogen-bond donors (Lipinski definition) is 2. The van der Waals surface area contributed by atoms with E-state index in [1.807, 2.05) is 97.6 Å². The highest BCUT2D eigenvalue weighted by Crippen LogP contribution is 2.34. The summed E-state index contributed by atoms with van der Waals surface area (Å²) in [5, 5.41) is 4.34. The van der Waals surface area contributed by atoms with Gasteiger partial charge in [0.05, 0.1) is 64.2 Å². The molecule has 6 aromatic rings. The second-order valence-corrected chi connectivity index (χ2v) is 13.9. The summed E-state index contributed by atoms with van der Waals surface area (Å²) in [4.78, 5) is 0. The summed E-state index contributed by atoms with van der Waals surface area (Å²) >= 11 is 0. The van der Waals surface area contributed by atoms with Crippen LogP contribution in [-0.4, -0.2) is 93.8 Å². The molecule has 0 spiro atoms. The number of aryl methyl sites for hydroxylation is 2. The molecule has 0 bridgehead atoms. The maximum absolute atomic E-state index is 9.75. The molecule has 1 aliphatic rings. The van der Waals surface area contributed by atoms with Crippen LogP contribution in [0.15, 0.2) is 122 Å². The van der Waals surface area contributed by atoms with E-state index >= 15 is 0 Å². The fraction of sp³-hybridized carbons (Fsp3) is 0.318. The van der Waals surface area contributed by atoms with Crippen molar-refractivity contribution in [1.82, 2.24) is 0 Å². The van der Waals surface area contributed by atoms with E-state index in [1.165, 1.54) is 0 Å². The normalized spacial score (nSPS) is 14.7. The van der Waals surface area contributed by atoms with Crippen LogP contribution in [0.5, 0.6) is 23.0 Å². The van der Waals surface area contributed by atoms with Crippen LogP contribution in [0, 0.1) is 0 Å². The predicted molar refractivity (Wildman–Crippen MR) is 236 cm³/mol. The molecule has 22 heteroatoms. The summed E-state index contributed by atoms with van der Waals surface area (Å²) < 4.78 is 129. The molecule has 0 aliphatic carbocycles. The van der Waals surface area contributed by atoms with Crippen molar-refractivity contribution in [3.05, 3.63) is 122 Å². The zero-order valence-corrected chi connectivity index (χ0v) is 35.9. The molecular weight excluding hydrogens is 886 g/mol. The van der Waals surface area contributed by atoms with Crippen molar-refractivity contribution in [2.45, 2.75) is 13.1 Å². The fourth-order valence-electron chi connectivity index (χ4n) is 5.93. The van der Waals surface area contributed by atoms with Crippen molar-refractivity contribution in [2.24, 2.45) is 0 Å². The molecule has 4 N–H and O–H groups in total. The van der Waals surface area contributed by atoms with Crippen LogP contribution in [0.2, 0.25) is 0 Å². The van der Waals surface area contributed by atoms with Gasteiger partial charge >= 0.3 is 14.5 Å². The third-order valence-corrected chi connectivity index (χ3v) is 8.69. The lowest BCUT2D eigenvalue weighted by Crippen LogP contribution is -2.44. The van der Waals surface area contributed by atoms with Gasteiger partial charge in [-0.05, 0) is 57.9 Å². The Balaban J connectivity index is 0.000000299. The van der Waals surface area contributed by atoms with E-state index < -0.39 is 14.5 Å². The number of nitrogen functional groups attached to an aromatic ring is 2. The third kappa shape index (κ3) is 22.7. The molecule has 0 atom stereocenters. The average Bonchev–Trinajstić information content (AvgIpc) is 3.25. The number of halogens is 8. The van der Waals surface area contributed by atoms with E-state index in [9.17, 15) is 34.5 Å². The Labute approximate surface area is 377 Å². The van der Waals surface area contributed by atoms with Gasteiger partial charge in [-0.15, -0.1) is 0 Å². The molecule has 7 rings (SSSR count). The maximum Gasteiger partial charge on any atom is 0.673 e. The second-order valence-electron chi connectivity index (χ2n) is 13.9. The molecule has 0 amide bonds. The van der Waals surface area contributed by atoms with Gasteiger partial charge < -0.3 is 83.9 Å². The maximum atomic E-state index is 9.75. The minimum absolute atomic E-state index is 0.399. The lowest BCUT2D eigenvalue weighted by Gasteiger charge is -2.16. The molecule has 66 heavy (non-hydrogen) atoms. The van der Waals surface area contributed by atoms with E-state index in [0.717, 1.165) is 46.0 Å². The monoisotopic (exact) mass is 938 g/mol. The van der Waals surface area contributed by atoms with Crippen molar-refractivity contribution in [3.63, 3.8) is 0 Å². The first-order chi connectivity index (χ1) is 31.6. The van der Waals surface area contributed by atoms with Crippen molar-refractivity contribution in [1.29, 1.82) is 0 Å². The topological polar surface area (TPSA) is 134 Å². The molecule has 1 aliphatic heterocycles.